The Kier molecular flexibility index (Phi) is 5.85. The topological polar surface area (TPSA) is 115 Å². The average molecular weight is 522 g/mol. The lowest BCUT2D eigenvalue weighted by Gasteiger charge is -2.29. The molecule has 2 heterocycles. The van der Waals surface area contributed by atoms with Gasteiger partial charge in [-0.05, 0) is 60.9 Å². The molecule has 2 aromatic carbocycles. The Morgan fingerprint density at radius 1 is 1.13 bits per heavy atom. The molecule has 2 aliphatic rings. The van der Waals surface area contributed by atoms with Gasteiger partial charge in [0.2, 0.25) is 0 Å². The summed E-state index contributed by atoms with van der Waals surface area (Å²) in [5.74, 6) is -0.411. The fourth-order valence-corrected chi connectivity index (χ4v) is 5.42. The third-order valence-electron chi connectivity index (χ3n) is 7.88. The lowest BCUT2D eigenvalue weighted by atomic mass is 9.87. The number of hydrogen-bond donors (Lipinski definition) is 2. The number of pyridine rings is 1. The van der Waals surface area contributed by atoms with Gasteiger partial charge in [0, 0.05) is 23.3 Å². The summed E-state index contributed by atoms with van der Waals surface area (Å²) in [5.41, 5.74) is 3.12. The van der Waals surface area contributed by atoms with Gasteiger partial charge in [0.05, 0.1) is 42.0 Å². The van der Waals surface area contributed by atoms with Crippen LogP contribution in [-0.2, 0) is 0 Å². The minimum atomic E-state index is -1.64. The minimum Gasteiger partial charge on any atom is -0.380 e. The predicted octanol–water partition coefficient (Wildman–Crippen LogP) is 6.24. The molecule has 6 rings (SSSR count). The largest absolute Gasteiger partial charge is 0.380 e. The number of fused-ring (bicyclic) bond motifs is 1. The summed E-state index contributed by atoms with van der Waals surface area (Å²) >= 11 is 0. The monoisotopic (exact) mass is 521 g/mol. The summed E-state index contributed by atoms with van der Waals surface area (Å²) in [4.78, 5) is 4.46. The number of nitrogens with zero attached hydrogens (tertiary/aromatic N) is 6. The van der Waals surface area contributed by atoms with Gasteiger partial charge in [-0.3, -0.25) is 4.98 Å². The zero-order chi connectivity index (χ0) is 28.1. The Balaban J connectivity index is 1.49. The van der Waals surface area contributed by atoms with Crippen molar-refractivity contribution in [2.45, 2.75) is 64.1 Å². The van der Waals surface area contributed by atoms with Crippen LogP contribution >= 0.6 is 0 Å². The highest BCUT2D eigenvalue weighted by Crippen LogP contribution is 2.41. The van der Waals surface area contributed by atoms with Crippen molar-refractivity contribution in [3.8, 4) is 12.1 Å². The number of aromatic nitrogens is 4. The van der Waals surface area contributed by atoms with E-state index in [0.717, 1.165) is 32.1 Å². The zero-order valence-corrected chi connectivity index (χ0v) is 21.9. The van der Waals surface area contributed by atoms with Crippen LogP contribution in [0.15, 0.2) is 48.8 Å². The summed E-state index contributed by atoms with van der Waals surface area (Å²) < 4.78 is 25.2. The molecule has 0 spiro atoms. The molecule has 2 aromatic heterocycles. The second kappa shape index (κ2) is 9.67. The van der Waals surface area contributed by atoms with Gasteiger partial charge in [0.1, 0.15) is 23.6 Å². The molecule has 2 fully saturated rings. The highest BCUT2D eigenvalue weighted by Gasteiger charge is 2.35. The smallest absolute Gasteiger partial charge is 0.123 e. The molecule has 2 saturated carbocycles. The number of hydrogen-bond acceptors (Lipinski definition) is 7. The highest BCUT2D eigenvalue weighted by atomic mass is 19.1. The lowest BCUT2D eigenvalue weighted by Crippen LogP contribution is -2.31. The van der Waals surface area contributed by atoms with Crippen molar-refractivity contribution in [3.63, 3.8) is 0 Å². The molecule has 39 heavy (non-hydrogen) atoms. The van der Waals surface area contributed by atoms with Gasteiger partial charge in [0.25, 0.3) is 0 Å². The second-order valence-electron chi connectivity index (χ2n) is 11.1. The van der Waals surface area contributed by atoms with Crippen molar-refractivity contribution < 1.29 is 5.76 Å². The van der Waals surface area contributed by atoms with E-state index in [4.69, 9.17) is 0 Å². The van der Waals surface area contributed by atoms with Crippen LogP contribution in [0.1, 0.15) is 81.8 Å². The Morgan fingerprint density at radius 3 is 2.56 bits per heavy atom. The van der Waals surface area contributed by atoms with Crippen molar-refractivity contribution in [3.05, 3.63) is 77.0 Å². The number of halogens is 1. The summed E-state index contributed by atoms with van der Waals surface area (Å²) in [7, 11) is 0. The maximum absolute atomic E-state index is 13.8. The van der Waals surface area contributed by atoms with E-state index in [9.17, 15) is 16.3 Å². The van der Waals surface area contributed by atoms with E-state index in [2.05, 4.69) is 51.9 Å². The Labute approximate surface area is 227 Å². The molecule has 2 N–H and O–H groups in total. The van der Waals surface area contributed by atoms with Gasteiger partial charge in [-0.15, -0.1) is 5.10 Å². The first kappa shape index (κ1) is 23.6. The van der Waals surface area contributed by atoms with Gasteiger partial charge >= 0.3 is 0 Å². The Hall–Kier alpha value is -4.50. The molecule has 4 aromatic rings. The molecular formula is C30H29FN8. The van der Waals surface area contributed by atoms with Gasteiger partial charge in [0.15, 0.2) is 0 Å². The summed E-state index contributed by atoms with van der Waals surface area (Å²) in [6.45, 7) is 4.43. The first-order valence-electron chi connectivity index (χ1n) is 13.7. The quantitative estimate of drug-likeness (QED) is 0.296. The third-order valence-corrected chi connectivity index (χ3v) is 7.88. The maximum atomic E-state index is 13.8. The molecule has 0 bridgehead atoms. The van der Waals surface area contributed by atoms with Crippen LogP contribution in [0.25, 0.3) is 10.9 Å². The van der Waals surface area contributed by atoms with E-state index in [0.29, 0.717) is 44.7 Å². The second-order valence-corrected chi connectivity index (χ2v) is 11.1. The molecule has 2 unspecified atom stereocenters. The Bertz CT molecular complexity index is 1680. The number of nitriles is 2. The standard InChI is InChI=1S/C30H29FN8/c1-30(2)11-3-4-26(30)36-28-20(15-33)16-34-27-19(14-32)12-22(13-24(27)28)35-29(18-5-7-21(31)8-6-18)25-17-39(38-37-25)23-9-10-23/h5-8,12-13,16-17,23,26,29,35H,3-4,9-11H2,1-2H3,(H,34,36)/i29D. The molecular weight excluding hydrogens is 491 g/mol. The van der Waals surface area contributed by atoms with E-state index >= 15 is 0 Å². The molecule has 9 heteroatoms. The predicted molar refractivity (Wildman–Crippen MR) is 146 cm³/mol. The zero-order valence-electron chi connectivity index (χ0n) is 22.9. The van der Waals surface area contributed by atoms with Crippen molar-refractivity contribution in [1.29, 1.82) is 10.5 Å². The fourth-order valence-electron chi connectivity index (χ4n) is 5.42. The van der Waals surface area contributed by atoms with Gasteiger partial charge in [-0.25, -0.2) is 9.07 Å². The Morgan fingerprint density at radius 2 is 1.90 bits per heavy atom. The molecule has 0 aliphatic heterocycles. The van der Waals surface area contributed by atoms with Crippen LogP contribution in [0.5, 0.6) is 0 Å². The van der Waals surface area contributed by atoms with Crippen LogP contribution in [0.3, 0.4) is 0 Å². The van der Waals surface area contributed by atoms with Crippen molar-refractivity contribution in [2.24, 2.45) is 5.41 Å². The molecule has 0 amide bonds. The first-order valence-corrected chi connectivity index (χ1v) is 13.2. The maximum Gasteiger partial charge on any atom is 0.123 e. The average Bonchev–Trinajstić information content (AvgIpc) is 3.57. The third kappa shape index (κ3) is 4.77. The van der Waals surface area contributed by atoms with E-state index in [1.54, 1.807) is 29.1 Å². The van der Waals surface area contributed by atoms with Crippen molar-refractivity contribution >= 4 is 22.3 Å². The summed E-state index contributed by atoms with van der Waals surface area (Å²) in [6.07, 6.45) is 8.41. The fraction of sp³-hybridized carbons (Fsp3) is 0.367. The molecule has 8 nitrogen and oxygen atoms in total. The molecule has 0 radical (unpaired) electrons. The van der Waals surface area contributed by atoms with Gasteiger partial charge in [-0.1, -0.05) is 37.6 Å². The number of rotatable bonds is 7. The van der Waals surface area contributed by atoms with Gasteiger partial charge < -0.3 is 10.6 Å². The van der Waals surface area contributed by atoms with Crippen LogP contribution in [0, 0.1) is 33.9 Å². The number of nitrogens with one attached hydrogen (secondary N) is 2. The molecule has 2 aliphatic carbocycles. The van der Waals surface area contributed by atoms with Crippen LogP contribution in [0.2, 0.25) is 0 Å². The SMILES string of the molecule is [2H]C(Nc1cc(C#N)c2ncc(C#N)c(NC3CCCC3(C)C)c2c1)(c1ccc(F)cc1)c1cn(C2CC2)nn1. The lowest BCUT2D eigenvalue weighted by molar-refractivity contribution is 0.350. The van der Waals surface area contributed by atoms with E-state index in [1.807, 2.05) is 6.07 Å². The van der Waals surface area contributed by atoms with Crippen LogP contribution in [0.4, 0.5) is 15.8 Å². The minimum absolute atomic E-state index is 0.0442. The number of benzene rings is 2. The summed E-state index contributed by atoms with van der Waals surface area (Å²) in [6, 6.07) is 12.4. The molecule has 0 saturated heterocycles. The normalized spacial score (nSPS) is 20.0. The van der Waals surface area contributed by atoms with Crippen LogP contribution in [-0.4, -0.2) is 26.0 Å². The first-order chi connectivity index (χ1) is 19.2. The number of anilines is 2. The van der Waals surface area contributed by atoms with E-state index < -0.39 is 11.8 Å². The van der Waals surface area contributed by atoms with Crippen molar-refractivity contribution in [1.82, 2.24) is 20.0 Å². The molecule has 2 atom stereocenters. The van der Waals surface area contributed by atoms with E-state index in [-0.39, 0.29) is 17.5 Å². The molecule has 196 valence electrons. The summed E-state index contributed by atoms with van der Waals surface area (Å²) in [5, 5.41) is 36.1. The highest BCUT2D eigenvalue weighted by molar-refractivity contribution is 5.99. The van der Waals surface area contributed by atoms with Crippen LogP contribution < -0.4 is 10.6 Å². The van der Waals surface area contributed by atoms with E-state index in [1.165, 1.54) is 18.3 Å². The van der Waals surface area contributed by atoms with Gasteiger partial charge in [-0.2, -0.15) is 10.5 Å². The van der Waals surface area contributed by atoms with Crippen molar-refractivity contribution in [2.75, 3.05) is 10.6 Å².